The van der Waals surface area contributed by atoms with Crippen molar-refractivity contribution < 1.29 is 19.1 Å². The second-order valence-electron chi connectivity index (χ2n) is 3.44. The Labute approximate surface area is 130 Å². The first-order valence-corrected chi connectivity index (χ1v) is 6.32. The predicted octanol–water partition coefficient (Wildman–Crippen LogP) is 3.29. The van der Waals surface area contributed by atoms with E-state index in [4.69, 9.17) is 34.8 Å². The molecule has 0 unspecified atom stereocenters. The maximum Gasteiger partial charge on any atom is 0.354 e. The van der Waals surface area contributed by atoms with Gasteiger partial charge in [0.1, 0.15) is 5.70 Å². The van der Waals surface area contributed by atoms with E-state index in [0.717, 1.165) is 6.08 Å². The molecule has 20 heavy (non-hydrogen) atoms. The molecule has 0 atom stereocenters. The van der Waals surface area contributed by atoms with Gasteiger partial charge in [-0.05, 0) is 12.1 Å². The van der Waals surface area contributed by atoms with Crippen molar-refractivity contribution in [3.8, 4) is 0 Å². The summed E-state index contributed by atoms with van der Waals surface area (Å²) in [4.78, 5) is 22.8. The molecule has 0 aliphatic carbocycles. The second kappa shape index (κ2) is 7.38. The molecule has 1 rings (SSSR count). The molecule has 0 fully saturated rings. The average Bonchev–Trinajstić information content (AvgIpc) is 2.42. The van der Waals surface area contributed by atoms with Gasteiger partial charge in [0.2, 0.25) is 0 Å². The molecule has 0 aromatic heterocycles. The van der Waals surface area contributed by atoms with Crippen LogP contribution in [0.2, 0.25) is 15.1 Å². The van der Waals surface area contributed by atoms with Gasteiger partial charge in [-0.15, -0.1) is 0 Å². The van der Waals surface area contributed by atoms with E-state index in [1.807, 2.05) is 0 Å². The lowest BCUT2D eigenvalue weighted by atomic mass is 10.3. The molecular formula is C12H10Cl3NO4. The first-order valence-electron chi connectivity index (χ1n) is 5.18. The monoisotopic (exact) mass is 337 g/mol. The summed E-state index contributed by atoms with van der Waals surface area (Å²) < 4.78 is 8.99. The van der Waals surface area contributed by atoms with Crippen molar-refractivity contribution in [3.63, 3.8) is 0 Å². The molecule has 0 aliphatic heterocycles. The first kappa shape index (κ1) is 16.6. The quantitative estimate of drug-likeness (QED) is 0.518. The Kier molecular flexibility index (Phi) is 6.13. The zero-order valence-electron chi connectivity index (χ0n) is 10.5. The normalized spacial score (nSPS) is 10.9. The lowest BCUT2D eigenvalue weighted by Crippen LogP contribution is -2.15. The van der Waals surface area contributed by atoms with Crippen LogP contribution in [0.15, 0.2) is 23.9 Å². The third-order valence-electron chi connectivity index (χ3n) is 2.15. The largest absolute Gasteiger partial charge is 0.466 e. The summed E-state index contributed by atoms with van der Waals surface area (Å²) in [5, 5.41) is 3.36. The predicted molar refractivity (Wildman–Crippen MR) is 77.2 cm³/mol. The Bertz CT molecular complexity index is 572. The minimum Gasteiger partial charge on any atom is -0.466 e. The standard InChI is InChI=1S/C12H10Cl3NO4/c1-19-11(17)5-10(12(18)20-2)16-9-4-7(14)6(13)3-8(9)15/h3-5,16H,1-2H3/b10-5+. The molecule has 0 saturated heterocycles. The van der Waals surface area contributed by atoms with Crippen molar-refractivity contribution in [3.05, 3.63) is 39.0 Å². The molecule has 0 radical (unpaired) electrons. The number of methoxy groups -OCH3 is 2. The van der Waals surface area contributed by atoms with Crippen LogP contribution in [0.5, 0.6) is 0 Å². The lowest BCUT2D eigenvalue weighted by Gasteiger charge is -2.11. The number of anilines is 1. The summed E-state index contributed by atoms with van der Waals surface area (Å²) in [6.45, 7) is 0. The smallest absolute Gasteiger partial charge is 0.354 e. The fourth-order valence-corrected chi connectivity index (χ4v) is 1.79. The molecule has 5 nitrogen and oxygen atoms in total. The summed E-state index contributed by atoms with van der Waals surface area (Å²) >= 11 is 17.6. The van der Waals surface area contributed by atoms with Crippen LogP contribution in [0.3, 0.4) is 0 Å². The van der Waals surface area contributed by atoms with Crippen molar-refractivity contribution in [2.24, 2.45) is 0 Å². The Morgan fingerprint density at radius 2 is 1.65 bits per heavy atom. The molecule has 0 aliphatic rings. The molecule has 0 bridgehead atoms. The van der Waals surface area contributed by atoms with Gasteiger partial charge in [-0.25, -0.2) is 9.59 Å². The van der Waals surface area contributed by atoms with Crippen LogP contribution in [0.25, 0.3) is 0 Å². The number of rotatable bonds is 4. The average molecular weight is 339 g/mol. The van der Waals surface area contributed by atoms with E-state index in [-0.39, 0.29) is 20.8 Å². The third kappa shape index (κ3) is 4.30. The van der Waals surface area contributed by atoms with Crippen molar-refractivity contribution in [2.45, 2.75) is 0 Å². The van der Waals surface area contributed by atoms with E-state index >= 15 is 0 Å². The number of nitrogens with one attached hydrogen (secondary N) is 1. The molecule has 0 heterocycles. The van der Waals surface area contributed by atoms with E-state index in [1.165, 1.54) is 26.4 Å². The minimum absolute atomic E-state index is 0.153. The van der Waals surface area contributed by atoms with Gasteiger partial charge in [0.25, 0.3) is 0 Å². The molecule has 0 amide bonds. The number of carbonyl (C=O) groups excluding carboxylic acids is 2. The Morgan fingerprint density at radius 3 is 2.20 bits per heavy atom. The Balaban J connectivity index is 3.14. The topological polar surface area (TPSA) is 64.6 Å². The molecule has 0 spiro atoms. The van der Waals surface area contributed by atoms with Crippen LogP contribution in [0.1, 0.15) is 0 Å². The lowest BCUT2D eigenvalue weighted by molar-refractivity contribution is -0.138. The zero-order valence-corrected chi connectivity index (χ0v) is 12.8. The van der Waals surface area contributed by atoms with Gasteiger partial charge in [0.05, 0.1) is 41.1 Å². The van der Waals surface area contributed by atoms with Crippen molar-refractivity contribution >= 4 is 52.4 Å². The maximum atomic E-state index is 11.6. The van der Waals surface area contributed by atoms with Crippen molar-refractivity contribution in [1.82, 2.24) is 0 Å². The second-order valence-corrected chi connectivity index (χ2v) is 4.67. The highest BCUT2D eigenvalue weighted by atomic mass is 35.5. The molecular weight excluding hydrogens is 328 g/mol. The van der Waals surface area contributed by atoms with Crippen LogP contribution >= 0.6 is 34.8 Å². The van der Waals surface area contributed by atoms with Crippen LogP contribution in [-0.2, 0) is 19.1 Å². The van der Waals surface area contributed by atoms with Crippen LogP contribution in [-0.4, -0.2) is 26.2 Å². The van der Waals surface area contributed by atoms with Crippen LogP contribution < -0.4 is 5.32 Å². The number of hydrogen-bond donors (Lipinski definition) is 1. The summed E-state index contributed by atoms with van der Waals surface area (Å²) in [5.74, 6) is -1.49. The van der Waals surface area contributed by atoms with E-state index in [1.54, 1.807) is 0 Å². The van der Waals surface area contributed by atoms with Gasteiger partial charge < -0.3 is 14.8 Å². The number of halogens is 3. The van der Waals surface area contributed by atoms with Crippen molar-refractivity contribution in [2.75, 3.05) is 19.5 Å². The number of ether oxygens (including phenoxy) is 2. The maximum absolute atomic E-state index is 11.6. The van der Waals surface area contributed by atoms with Gasteiger partial charge in [-0.1, -0.05) is 34.8 Å². The summed E-state index contributed by atoms with van der Waals surface area (Å²) in [6.07, 6.45) is 0.935. The zero-order chi connectivity index (χ0) is 15.3. The van der Waals surface area contributed by atoms with E-state index in [2.05, 4.69) is 14.8 Å². The fraction of sp³-hybridized carbons (Fsp3) is 0.167. The third-order valence-corrected chi connectivity index (χ3v) is 3.18. The van der Waals surface area contributed by atoms with Gasteiger partial charge in [0.15, 0.2) is 0 Å². The van der Waals surface area contributed by atoms with Gasteiger partial charge >= 0.3 is 11.9 Å². The minimum atomic E-state index is -0.766. The molecule has 1 N–H and O–H groups in total. The van der Waals surface area contributed by atoms with Gasteiger partial charge in [0, 0.05) is 0 Å². The number of carbonyl (C=O) groups is 2. The van der Waals surface area contributed by atoms with Gasteiger partial charge in [-0.3, -0.25) is 0 Å². The van der Waals surface area contributed by atoms with Crippen molar-refractivity contribution in [1.29, 1.82) is 0 Å². The highest BCUT2D eigenvalue weighted by Gasteiger charge is 2.15. The van der Waals surface area contributed by atoms with Crippen LogP contribution in [0.4, 0.5) is 5.69 Å². The molecule has 8 heteroatoms. The van der Waals surface area contributed by atoms with Gasteiger partial charge in [-0.2, -0.15) is 0 Å². The van der Waals surface area contributed by atoms with E-state index in [0.29, 0.717) is 5.69 Å². The summed E-state index contributed by atoms with van der Waals surface area (Å²) in [5.41, 5.74) is 0.140. The Hall–Kier alpha value is -1.43. The van der Waals surface area contributed by atoms with E-state index < -0.39 is 11.9 Å². The molecule has 1 aromatic rings. The first-order chi connectivity index (χ1) is 9.38. The highest BCUT2D eigenvalue weighted by molar-refractivity contribution is 6.44. The fourth-order valence-electron chi connectivity index (χ4n) is 1.20. The molecule has 1 aromatic carbocycles. The summed E-state index contributed by atoms with van der Waals surface area (Å²) in [6, 6.07) is 2.82. The number of hydrogen-bond acceptors (Lipinski definition) is 5. The molecule has 108 valence electrons. The van der Waals surface area contributed by atoms with Crippen LogP contribution in [0, 0.1) is 0 Å². The number of benzene rings is 1. The SMILES string of the molecule is COC(=O)/C=C(/Nc1cc(Cl)c(Cl)cc1Cl)C(=O)OC. The van der Waals surface area contributed by atoms with E-state index in [9.17, 15) is 9.59 Å². The summed E-state index contributed by atoms with van der Waals surface area (Å²) in [7, 11) is 2.35. The number of esters is 2. The Morgan fingerprint density at radius 1 is 1.05 bits per heavy atom. The molecule has 0 saturated carbocycles. The highest BCUT2D eigenvalue weighted by Crippen LogP contribution is 2.32.